The normalized spacial score (nSPS) is 24.5. The molecule has 3 atom stereocenters. The molecular formula is C19H23NO. The summed E-state index contributed by atoms with van der Waals surface area (Å²) in [6.45, 7) is 6.47. The van der Waals surface area contributed by atoms with Gasteiger partial charge >= 0.3 is 0 Å². The van der Waals surface area contributed by atoms with E-state index in [0.29, 0.717) is 5.92 Å². The molecular weight excluding hydrogens is 258 g/mol. The van der Waals surface area contributed by atoms with E-state index in [1.165, 1.54) is 22.3 Å². The van der Waals surface area contributed by atoms with Crippen LogP contribution in [0.25, 0.3) is 0 Å². The fourth-order valence-corrected chi connectivity index (χ4v) is 3.22. The topological polar surface area (TPSA) is 35.2 Å². The molecule has 2 aromatic rings. The fraction of sp³-hybridized carbons (Fsp3) is 0.368. The van der Waals surface area contributed by atoms with Crippen LogP contribution in [0, 0.1) is 13.8 Å². The van der Waals surface area contributed by atoms with Crippen molar-refractivity contribution < 1.29 is 4.74 Å². The number of fused-ring (bicyclic) bond motifs is 1. The van der Waals surface area contributed by atoms with Gasteiger partial charge in [-0.15, -0.1) is 0 Å². The Bertz CT molecular complexity index is 650. The molecule has 2 N–H and O–H groups in total. The number of benzene rings is 2. The Hall–Kier alpha value is -1.80. The zero-order valence-electron chi connectivity index (χ0n) is 13.0. The van der Waals surface area contributed by atoms with Crippen molar-refractivity contribution in [2.45, 2.75) is 45.3 Å². The van der Waals surface area contributed by atoms with E-state index >= 15 is 0 Å². The molecule has 3 unspecified atom stereocenters. The van der Waals surface area contributed by atoms with Gasteiger partial charge in [-0.2, -0.15) is 0 Å². The molecule has 0 aromatic heterocycles. The third-order valence-corrected chi connectivity index (χ3v) is 4.71. The lowest BCUT2D eigenvalue weighted by Crippen LogP contribution is -2.37. The van der Waals surface area contributed by atoms with E-state index in [-0.39, 0.29) is 12.1 Å². The summed E-state index contributed by atoms with van der Waals surface area (Å²) in [6.07, 6.45) is 1.00. The minimum atomic E-state index is -0.0580. The van der Waals surface area contributed by atoms with Crippen molar-refractivity contribution in [2.75, 3.05) is 0 Å². The second-order valence-corrected chi connectivity index (χ2v) is 6.15. The maximum atomic E-state index is 6.46. The van der Waals surface area contributed by atoms with Crippen LogP contribution in [0.15, 0.2) is 42.5 Å². The van der Waals surface area contributed by atoms with Crippen LogP contribution in [-0.2, 0) is 0 Å². The van der Waals surface area contributed by atoms with Gasteiger partial charge in [0.2, 0.25) is 0 Å². The van der Waals surface area contributed by atoms with Crippen molar-refractivity contribution in [1.82, 2.24) is 0 Å². The second kappa shape index (κ2) is 5.53. The Labute approximate surface area is 126 Å². The first-order chi connectivity index (χ1) is 10.1. The van der Waals surface area contributed by atoms with E-state index in [1.807, 2.05) is 12.1 Å². The molecule has 2 heteroatoms. The molecule has 0 bridgehead atoms. The van der Waals surface area contributed by atoms with E-state index in [0.717, 1.165) is 12.2 Å². The quantitative estimate of drug-likeness (QED) is 0.892. The van der Waals surface area contributed by atoms with E-state index in [1.54, 1.807) is 0 Å². The molecule has 0 amide bonds. The van der Waals surface area contributed by atoms with Gasteiger partial charge in [0.25, 0.3) is 0 Å². The first kappa shape index (κ1) is 14.2. The third-order valence-electron chi connectivity index (χ3n) is 4.71. The highest BCUT2D eigenvalue weighted by Crippen LogP contribution is 2.38. The SMILES string of the molecule is Cc1cccc(OC2CC(C)c3ccccc3C2N)c1C. The van der Waals surface area contributed by atoms with Gasteiger partial charge in [-0.1, -0.05) is 43.3 Å². The smallest absolute Gasteiger partial charge is 0.122 e. The van der Waals surface area contributed by atoms with Crippen molar-refractivity contribution in [3.63, 3.8) is 0 Å². The number of aryl methyl sites for hydroxylation is 1. The molecule has 1 aliphatic carbocycles. The van der Waals surface area contributed by atoms with Crippen LogP contribution in [0.3, 0.4) is 0 Å². The summed E-state index contributed by atoms with van der Waals surface area (Å²) in [5, 5.41) is 0. The van der Waals surface area contributed by atoms with Gasteiger partial charge in [0.1, 0.15) is 11.9 Å². The lowest BCUT2D eigenvalue weighted by molar-refractivity contribution is 0.143. The number of hydrogen-bond donors (Lipinski definition) is 1. The van der Waals surface area contributed by atoms with Gasteiger partial charge < -0.3 is 10.5 Å². The molecule has 0 heterocycles. The van der Waals surface area contributed by atoms with Crippen molar-refractivity contribution in [3.05, 3.63) is 64.7 Å². The van der Waals surface area contributed by atoms with Crippen molar-refractivity contribution in [3.8, 4) is 5.75 Å². The Kier molecular flexibility index (Phi) is 3.73. The summed E-state index contributed by atoms with van der Waals surface area (Å²) in [5.74, 6) is 1.44. The average molecular weight is 281 g/mol. The summed E-state index contributed by atoms with van der Waals surface area (Å²) in [7, 11) is 0. The first-order valence-electron chi connectivity index (χ1n) is 7.65. The molecule has 0 radical (unpaired) electrons. The maximum Gasteiger partial charge on any atom is 0.122 e. The van der Waals surface area contributed by atoms with E-state index in [4.69, 9.17) is 10.5 Å². The largest absolute Gasteiger partial charge is 0.488 e. The zero-order chi connectivity index (χ0) is 15.0. The molecule has 0 saturated heterocycles. The summed E-state index contributed by atoms with van der Waals surface area (Å²) < 4.78 is 6.28. The Morgan fingerprint density at radius 2 is 1.71 bits per heavy atom. The molecule has 0 fully saturated rings. The predicted octanol–water partition coefficient (Wildman–Crippen LogP) is 4.26. The summed E-state index contributed by atoms with van der Waals surface area (Å²) in [5.41, 5.74) is 11.5. The fourth-order valence-electron chi connectivity index (χ4n) is 3.22. The summed E-state index contributed by atoms with van der Waals surface area (Å²) in [6, 6.07) is 14.6. The van der Waals surface area contributed by atoms with Gasteiger partial charge in [-0.05, 0) is 54.5 Å². The molecule has 0 saturated carbocycles. The van der Waals surface area contributed by atoms with Crippen molar-refractivity contribution in [2.24, 2.45) is 5.73 Å². The Morgan fingerprint density at radius 3 is 2.48 bits per heavy atom. The minimum absolute atomic E-state index is 0.0374. The first-order valence-corrected chi connectivity index (χ1v) is 7.65. The van der Waals surface area contributed by atoms with Gasteiger partial charge in [-0.3, -0.25) is 0 Å². The predicted molar refractivity (Wildman–Crippen MR) is 86.7 cm³/mol. The van der Waals surface area contributed by atoms with Gasteiger partial charge in [-0.25, -0.2) is 0 Å². The van der Waals surface area contributed by atoms with E-state index < -0.39 is 0 Å². The molecule has 0 spiro atoms. The van der Waals surface area contributed by atoms with E-state index in [2.05, 4.69) is 51.1 Å². The minimum Gasteiger partial charge on any atom is -0.488 e. The number of nitrogens with two attached hydrogens (primary N) is 1. The molecule has 110 valence electrons. The monoisotopic (exact) mass is 281 g/mol. The van der Waals surface area contributed by atoms with Crippen molar-refractivity contribution >= 4 is 0 Å². The lowest BCUT2D eigenvalue weighted by Gasteiger charge is -2.35. The Morgan fingerprint density at radius 1 is 1.00 bits per heavy atom. The van der Waals surface area contributed by atoms with Crippen LogP contribution < -0.4 is 10.5 Å². The number of ether oxygens (including phenoxy) is 1. The zero-order valence-corrected chi connectivity index (χ0v) is 13.0. The van der Waals surface area contributed by atoms with Crippen molar-refractivity contribution in [1.29, 1.82) is 0 Å². The van der Waals surface area contributed by atoms with Crippen LogP contribution in [0.2, 0.25) is 0 Å². The highest BCUT2D eigenvalue weighted by Gasteiger charge is 2.32. The van der Waals surface area contributed by atoms with Gasteiger partial charge in [0, 0.05) is 0 Å². The summed E-state index contributed by atoms with van der Waals surface area (Å²) >= 11 is 0. The average Bonchev–Trinajstić information content (AvgIpc) is 2.49. The lowest BCUT2D eigenvalue weighted by atomic mass is 9.79. The number of rotatable bonds is 2. The Balaban J connectivity index is 1.89. The molecule has 0 aliphatic heterocycles. The van der Waals surface area contributed by atoms with Crippen LogP contribution in [0.5, 0.6) is 5.75 Å². The van der Waals surface area contributed by atoms with E-state index in [9.17, 15) is 0 Å². The van der Waals surface area contributed by atoms with Gasteiger partial charge in [0.05, 0.1) is 6.04 Å². The van der Waals surface area contributed by atoms with Crippen LogP contribution in [0.1, 0.15) is 47.6 Å². The molecule has 2 nitrogen and oxygen atoms in total. The molecule has 21 heavy (non-hydrogen) atoms. The molecule has 1 aliphatic rings. The molecule has 3 rings (SSSR count). The van der Waals surface area contributed by atoms with Gasteiger partial charge in [0.15, 0.2) is 0 Å². The second-order valence-electron chi connectivity index (χ2n) is 6.15. The van der Waals surface area contributed by atoms with Crippen LogP contribution in [0.4, 0.5) is 0 Å². The maximum absolute atomic E-state index is 6.46. The highest BCUT2D eigenvalue weighted by atomic mass is 16.5. The van der Waals surface area contributed by atoms with Crippen LogP contribution >= 0.6 is 0 Å². The standard InChI is InChI=1S/C19H23NO/c1-12-7-6-10-17(14(12)3)21-18-11-13(2)15-8-4-5-9-16(15)19(18)20/h4-10,13,18-19H,11,20H2,1-3H3. The number of hydrogen-bond acceptors (Lipinski definition) is 2. The highest BCUT2D eigenvalue weighted by molar-refractivity contribution is 5.40. The van der Waals surface area contributed by atoms with Crippen LogP contribution in [-0.4, -0.2) is 6.10 Å². The molecule has 2 aromatic carbocycles. The third kappa shape index (κ3) is 2.56. The summed E-state index contributed by atoms with van der Waals surface area (Å²) in [4.78, 5) is 0.